The summed E-state index contributed by atoms with van der Waals surface area (Å²) < 4.78 is 60.3. The van der Waals surface area contributed by atoms with Gasteiger partial charge in [0.15, 0.2) is 0 Å². The predicted octanol–water partition coefficient (Wildman–Crippen LogP) is 2.99. The predicted molar refractivity (Wildman–Crippen MR) is 195 cm³/mol. The van der Waals surface area contributed by atoms with Crippen LogP contribution < -0.4 is 5.73 Å². The molecule has 0 aliphatic heterocycles. The molecule has 1 amide bonds. The van der Waals surface area contributed by atoms with Crippen LogP contribution in [0.1, 0.15) is 17.0 Å². The van der Waals surface area contributed by atoms with Crippen LogP contribution >= 0.6 is 0 Å². The third kappa shape index (κ3) is 18.9. The summed E-state index contributed by atoms with van der Waals surface area (Å²) in [6, 6.07) is 16.6. The van der Waals surface area contributed by atoms with Gasteiger partial charge in [-0.25, -0.2) is 4.79 Å². The number of fused-ring (bicyclic) bond motifs is 3. The maximum atomic E-state index is 12.6. The standard InChI is InChI=1S/C38H60N2O12/c1-40(38(41)52-32-37-35-8-4-2-6-33(35)34-7-3-5-9-36(34)37)11-13-43-15-17-45-19-21-47-23-25-49-27-29-51-31-30-50-28-26-48-24-22-46-20-18-44-16-14-42-12-10-39/h2-9,37H,10-32,39H2,1H3. The van der Waals surface area contributed by atoms with E-state index in [4.69, 9.17) is 57.8 Å². The van der Waals surface area contributed by atoms with Crippen LogP contribution in [0.2, 0.25) is 0 Å². The molecule has 0 saturated carbocycles. The fraction of sp³-hybridized carbons (Fsp3) is 0.658. The van der Waals surface area contributed by atoms with Crippen LogP contribution in [0.5, 0.6) is 0 Å². The highest BCUT2D eigenvalue weighted by atomic mass is 16.6. The number of rotatable bonds is 34. The van der Waals surface area contributed by atoms with Crippen molar-refractivity contribution in [2.24, 2.45) is 5.73 Å². The monoisotopic (exact) mass is 736 g/mol. The third-order valence-corrected chi connectivity index (χ3v) is 7.83. The molecule has 3 rings (SSSR count). The van der Waals surface area contributed by atoms with E-state index in [-0.39, 0.29) is 12.0 Å². The van der Waals surface area contributed by atoms with Crippen molar-refractivity contribution in [1.29, 1.82) is 0 Å². The van der Waals surface area contributed by atoms with Gasteiger partial charge in [0.05, 0.1) is 132 Å². The molecule has 294 valence electrons. The smallest absolute Gasteiger partial charge is 0.409 e. The van der Waals surface area contributed by atoms with Crippen molar-refractivity contribution in [3.05, 3.63) is 59.7 Å². The summed E-state index contributed by atoms with van der Waals surface area (Å²) in [6.07, 6.45) is -0.364. The van der Waals surface area contributed by atoms with Gasteiger partial charge in [-0.05, 0) is 22.3 Å². The number of ether oxygens (including phenoxy) is 11. The van der Waals surface area contributed by atoms with E-state index in [9.17, 15) is 4.79 Å². The molecule has 2 aromatic rings. The van der Waals surface area contributed by atoms with E-state index >= 15 is 0 Å². The van der Waals surface area contributed by atoms with Crippen LogP contribution in [-0.4, -0.2) is 170 Å². The molecule has 0 bridgehead atoms. The van der Waals surface area contributed by atoms with Crippen LogP contribution in [0.4, 0.5) is 4.79 Å². The second kappa shape index (κ2) is 29.7. The van der Waals surface area contributed by atoms with Gasteiger partial charge in [-0.3, -0.25) is 0 Å². The Balaban J connectivity index is 0.988. The Labute approximate surface area is 308 Å². The largest absolute Gasteiger partial charge is 0.448 e. The van der Waals surface area contributed by atoms with Gasteiger partial charge in [0, 0.05) is 26.1 Å². The van der Waals surface area contributed by atoms with Crippen molar-refractivity contribution < 1.29 is 56.9 Å². The Morgan fingerprint density at radius 1 is 0.500 bits per heavy atom. The molecular weight excluding hydrogens is 676 g/mol. The topological polar surface area (TPSA) is 148 Å². The molecule has 14 nitrogen and oxygen atoms in total. The number of carbonyl (C=O) groups excluding carboxylic acids is 1. The summed E-state index contributed by atoms with van der Waals surface area (Å²) in [4.78, 5) is 14.1. The van der Waals surface area contributed by atoms with Crippen LogP contribution in [0.3, 0.4) is 0 Å². The van der Waals surface area contributed by atoms with Gasteiger partial charge in [0.25, 0.3) is 0 Å². The molecule has 0 fully saturated rings. The molecule has 1 aliphatic carbocycles. The summed E-state index contributed by atoms with van der Waals surface area (Å²) in [7, 11) is 1.71. The molecule has 2 N–H and O–H groups in total. The molecule has 2 aromatic carbocycles. The summed E-state index contributed by atoms with van der Waals surface area (Å²) in [5, 5.41) is 0. The normalized spacial score (nSPS) is 12.3. The summed E-state index contributed by atoms with van der Waals surface area (Å²) in [5.74, 6) is 0.0391. The average Bonchev–Trinajstić information content (AvgIpc) is 3.49. The zero-order valence-electron chi connectivity index (χ0n) is 30.9. The number of benzene rings is 2. The lowest BCUT2D eigenvalue weighted by atomic mass is 9.98. The lowest BCUT2D eigenvalue weighted by Crippen LogP contribution is -2.32. The van der Waals surface area contributed by atoms with Crippen LogP contribution in [0, 0.1) is 0 Å². The first-order valence-corrected chi connectivity index (χ1v) is 18.3. The molecular formula is C38H60N2O12. The average molecular weight is 737 g/mol. The third-order valence-electron chi connectivity index (χ3n) is 7.83. The summed E-state index contributed by atoms with van der Waals surface area (Å²) in [6.45, 7) is 11.1. The highest BCUT2D eigenvalue weighted by Gasteiger charge is 2.29. The Hall–Kier alpha value is -2.73. The maximum Gasteiger partial charge on any atom is 0.409 e. The Kier molecular flexibility index (Phi) is 24.9. The van der Waals surface area contributed by atoms with Gasteiger partial charge in [0.2, 0.25) is 0 Å². The van der Waals surface area contributed by atoms with E-state index in [0.29, 0.717) is 152 Å². The van der Waals surface area contributed by atoms with Crippen molar-refractivity contribution in [1.82, 2.24) is 4.90 Å². The van der Waals surface area contributed by atoms with Crippen molar-refractivity contribution in [2.75, 3.05) is 159 Å². The molecule has 0 spiro atoms. The Morgan fingerprint density at radius 3 is 1.15 bits per heavy atom. The molecule has 0 atom stereocenters. The van der Waals surface area contributed by atoms with Crippen molar-refractivity contribution >= 4 is 6.09 Å². The van der Waals surface area contributed by atoms with Gasteiger partial charge >= 0.3 is 6.09 Å². The molecule has 1 aliphatic rings. The molecule has 14 heteroatoms. The second-order valence-corrected chi connectivity index (χ2v) is 11.6. The molecule has 0 saturated heterocycles. The van der Waals surface area contributed by atoms with Crippen molar-refractivity contribution in [3.8, 4) is 11.1 Å². The van der Waals surface area contributed by atoms with Gasteiger partial charge in [-0.1, -0.05) is 48.5 Å². The van der Waals surface area contributed by atoms with Gasteiger partial charge in [-0.2, -0.15) is 0 Å². The summed E-state index contributed by atoms with van der Waals surface area (Å²) >= 11 is 0. The van der Waals surface area contributed by atoms with E-state index in [1.807, 2.05) is 24.3 Å². The number of likely N-dealkylation sites (N-methyl/N-ethyl adjacent to an activating group) is 1. The van der Waals surface area contributed by atoms with E-state index in [2.05, 4.69) is 24.3 Å². The molecule has 0 radical (unpaired) electrons. The SMILES string of the molecule is CN(CCOCCOCCOCCOCCOCCOCCOCCOCCOCCOCCN)C(=O)OCC1c2ccccc2-c2ccccc21. The molecule has 0 heterocycles. The fourth-order valence-corrected chi connectivity index (χ4v) is 5.16. The molecule has 0 aromatic heterocycles. The van der Waals surface area contributed by atoms with Crippen molar-refractivity contribution in [2.45, 2.75) is 5.92 Å². The minimum atomic E-state index is -0.364. The molecule has 0 unspecified atom stereocenters. The van der Waals surface area contributed by atoms with Crippen LogP contribution in [0.25, 0.3) is 11.1 Å². The summed E-state index contributed by atoms with van der Waals surface area (Å²) in [5.41, 5.74) is 10.1. The number of hydrogen-bond donors (Lipinski definition) is 1. The van der Waals surface area contributed by atoms with E-state index in [1.54, 1.807) is 7.05 Å². The van der Waals surface area contributed by atoms with Gasteiger partial charge < -0.3 is 62.7 Å². The first-order chi connectivity index (χ1) is 25.7. The van der Waals surface area contributed by atoms with Crippen molar-refractivity contribution in [3.63, 3.8) is 0 Å². The zero-order chi connectivity index (χ0) is 36.7. The number of hydrogen-bond acceptors (Lipinski definition) is 13. The van der Waals surface area contributed by atoms with E-state index < -0.39 is 0 Å². The minimum Gasteiger partial charge on any atom is -0.448 e. The first-order valence-electron chi connectivity index (χ1n) is 18.3. The first kappa shape index (κ1) is 43.7. The highest BCUT2D eigenvalue weighted by Crippen LogP contribution is 2.44. The number of amides is 1. The zero-order valence-corrected chi connectivity index (χ0v) is 30.9. The highest BCUT2D eigenvalue weighted by molar-refractivity contribution is 5.79. The van der Waals surface area contributed by atoms with Gasteiger partial charge in [0.1, 0.15) is 6.61 Å². The van der Waals surface area contributed by atoms with Crippen LogP contribution in [-0.2, 0) is 52.1 Å². The fourth-order valence-electron chi connectivity index (χ4n) is 5.16. The van der Waals surface area contributed by atoms with E-state index in [1.165, 1.54) is 27.2 Å². The lowest BCUT2D eigenvalue weighted by molar-refractivity contribution is -0.0264. The lowest BCUT2D eigenvalue weighted by Gasteiger charge is -2.19. The quantitative estimate of drug-likeness (QED) is 0.105. The van der Waals surface area contributed by atoms with Gasteiger partial charge in [-0.15, -0.1) is 0 Å². The second-order valence-electron chi connectivity index (χ2n) is 11.6. The number of nitrogens with zero attached hydrogens (tertiary/aromatic N) is 1. The number of carbonyl (C=O) groups is 1. The Bertz CT molecular complexity index is 1130. The number of nitrogens with two attached hydrogens (primary N) is 1. The molecule has 52 heavy (non-hydrogen) atoms. The van der Waals surface area contributed by atoms with E-state index in [0.717, 1.165) is 0 Å². The maximum absolute atomic E-state index is 12.6. The van der Waals surface area contributed by atoms with Crippen LogP contribution in [0.15, 0.2) is 48.5 Å². The Morgan fingerprint density at radius 2 is 0.808 bits per heavy atom. The minimum absolute atomic E-state index is 0.0391.